The van der Waals surface area contributed by atoms with Gasteiger partial charge in [0.25, 0.3) is 0 Å². The lowest BCUT2D eigenvalue weighted by Crippen LogP contribution is -2.33. The van der Waals surface area contributed by atoms with Crippen molar-refractivity contribution in [2.24, 2.45) is 10.7 Å². The first-order valence-corrected chi connectivity index (χ1v) is 9.16. The number of rotatable bonds is 9. The maximum atomic E-state index is 11.6. The number of nitrogens with one attached hydrogen (secondary N) is 2. The smallest absolute Gasteiger partial charge is 0.224 e. The summed E-state index contributed by atoms with van der Waals surface area (Å²) in [6.45, 7) is 3.19. The molecule has 0 saturated heterocycles. The fourth-order valence-corrected chi connectivity index (χ4v) is 2.50. The summed E-state index contributed by atoms with van der Waals surface area (Å²) in [7, 11) is 1.66. The van der Waals surface area contributed by atoms with E-state index in [9.17, 15) is 4.79 Å². The molecule has 28 heavy (non-hydrogen) atoms. The van der Waals surface area contributed by atoms with Crippen molar-refractivity contribution in [3.63, 3.8) is 0 Å². The summed E-state index contributed by atoms with van der Waals surface area (Å²) >= 11 is 0. The van der Waals surface area contributed by atoms with E-state index >= 15 is 0 Å². The summed E-state index contributed by atoms with van der Waals surface area (Å²) in [4.78, 5) is 15.9. The van der Waals surface area contributed by atoms with Crippen molar-refractivity contribution >= 4 is 41.5 Å². The molecule has 0 saturated carbocycles. The zero-order valence-electron chi connectivity index (χ0n) is 16.4. The molecule has 0 unspecified atom stereocenters. The van der Waals surface area contributed by atoms with Crippen LogP contribution in [-0.4, -0.2) is 25.5 Å². The molecule has 0 radical (unpaired) electrons. The van der Waals surface area contributed by atoms with Gasteiger partial charge in [0.1, 0.15) is 5.75 Å². The zero-order valence-corrected chi connectivity index (χ0v) is 18.7. The highest BCUT2D eigenvalue weighted by Gasteiger charge is 2.01. The van der Waals surface area contributed by atoms with Crippen molar-refractivity contribution in [1.82, 2.24) is 5.32 Å². The number of nitrogens with two attached hydrogens (primary N) is 1. The molecule has 2 rings (SSSR count). The number of amides is 1. The minimum absolute atomic E-state index is 0. The van der Waals surface area contributed by atoms with Crippen LogP contribution >= 0.6 is 24.0 Å². The first-order chi connectivity index (χ1) is 13.1. The molecule has 0 aliphatic carbocycles. The number of halogens is 1. The Morgan fingerprint density at radius 3 is 2.32 bits per heavy atom. The third kappa shape index (κ3) is 8.60. The van der Waals surface area contributed by atoms with Crippen LogP contribution in [0.25, 0.3) is 0 Å². The number of anilines is 1. The minimum Gasteiger partial charge on any atom is -0.497 e. The molecule has 0 heterocycles. The molecule has 0 atom stereocenters. The number of carbonyl (C=O) groups is 1. The number of guanidine groups is 1. The van der Waals surface area contributed by atoms with Crippen LogP contribution < -0.4 is 21.1 Å². The fraction of sp³-hybridized carbons (Fsp3) is 0.333. The third-order valence-electron chi connectivity index (χ3n) is 4.03. The molecule has 2 aromatic rings. The Kier molecular flexibility index (Phi) is 11.0. The highest BCUT2D eigenvalue weighted by molar-refractivity contribution is 14.0. The van der Waals surface area contributed by atoms with Gasteiger partial charge in [0, 0.05) is 18.7 Å². The van der Waals surface area contributed by atoms with Crippen LogP contribution in [0.15, 0.2) is 53.5 Å². The molecule has 4 N–H and O–H groups in total. The van der Waals surface area contributed by atoms with Crippen molar-refractivity contribution in [2.75, 3.05) is 19.0 Å². The van der Waals surface area contributed by atoms with Gasteiger partial charge in [0.15, 0.2) is 5.96 Å². The lowest BCUT2D eigenvalue weighted by molar-refractivity contribution is -0.116. The van der Waals surface area contributed by atoms with E-state index in [-0.39, 0.29) is 29.9 Å². The molecule has 0 aliphatic heterocycles. The topological polar surface area (TPSA) is 88.7 Å². The van der Waals surface area contributed by atoms with Gasteiger partial charge in [-0.15, -0.1) is 24.0 Å². The van der Waals surface area contributed by atoms with Gasteiger partial charge in [-0.3, -0.25) is 4.79 Å². The highest BCUT2D eigenvalue weighted by Crippen LogP contribution is 2.12. The third-order valence-corrected chi connectivity index (χ3v) is 4.03. The van der Waals surface area contributed by atoms with Crippen LogP contribution in [0.5, 0.6) is 5.75 Å². The van der Waals surface area contributed by atoms with Crippen LogP contribution in [0.1, 0.15) is 30.9 Å². The van der Waals surface area contributed by atoms with Gasteiger partial charge in [0.05, 0.1) is 13.7 Å². The fourth-order valence-electron chi connectivity index (χ4n) is 2.50. The van der Waals surface area contributed by atoms with Gasteiger partial charge < -0.3 is 21.1 Å². The summed E-state index contributed by atoms with van der Waals surface area (Å²) in [5.74, 6) is 1.31. The van der Waals surface area contributed by atoms with E-state index in [1.807, 2.05) is 55.5 Å². The largest absolute Gasteiger partial charge is 0.497 e. The van der Waals surface area contributed by atoms with Gasteiger partial charge >= 0.3 is 0 Å². The van der Waals surface area contributed by atoms with Crippen LogP contribution in [0.3, 0.4) is 0 Å². The second-order valence-corrected chi connectivity index (χ2v) is 6.22. The molecule has 7 heteroatoms. The first-order valence-electron chi connectivity index (χ1n) is 9.16. The van der Waals surface area contributed by atoms with Crippen LogP contribution in [0.2, 0.25) is 0 Å². The molecular formula is C21H29IN4O2. The summed E-state index contributed by atoms with van der Waals surface area (Å²) in [6.07, 6.45) is 2.22. The van der Waals surface area contributed by atoms with Crippen molar-refractivity contribution in [2.45, 2.75) is 32.7 Å². The quantitative estimate of drug-likeness (QED) is 0.281. The average molecular weight is 496 g/mol. The van der Waals surface area contributed by atoms with Gasteiger partial charge in [-0.05, 0) is 48.2 Å². The SMILES string of the molecule is CCCC(=O)Nc1ccc(CN=C(N)NCCc2ccc(OC)cc2)cc1.I. The van der Waals surface area contributed by atoms with E-state index in [2.05, 4.69) is 15.6 Å². The van der Waals surface area contributed by atoms with E-state index < -0.39 is 0 Å². The molecule has 0 spiro atoms. The van der Waals surface area contributed by atoms with Gasteiger partial charge in [-0.2, -0.15) is 0 Å². The average Bonchev–Trinajstić information content (AvgIpc) is 2.68. The maximum Gasteiger partial charge on any atom is 0.224 e. The van der Waals surface area contributed by atoms with Gasteiger partial charge in [-0.25, -0.2) is 4.99 Å². The first kappa shape index (κ1) is 23.7. The van der Waals surface area contributed by atoms with E-state index in [4.69, 9.17) is 10.5 Å². The van der Waals surface area contributed by atoms with E-state index in [1.54, 1.807) is 7.11 Å². The Hall–Kier alpha value is -2.29. The maximum absolute atomic E-state index is 11.6. The standard InChI is InChI=1S/C21H28N4O2.HI/c1-3-4-20(26)25-18-9-5-17(6-10-18)15-24-21(22)23-14-13-16-7-11-19(27-2)12-8-16;/h5-12H,3-4,13-15H2,1-2H3,(H,25,26)(H3,22,23,24);1H. The summed E-state index contributed by atoms with van der Waals surface area (Å²) in [5.41, 5.74) is 8.96. The molecule has 0 bridgehead atoms. The monoisotopic (exact) mass is 496 g/mol. The summed E-state index contributed by atoms with van der Waals surface area (Å²) in [5, 5.41) is 5.99. The Morgan fingerprint density at radius 2 is 1.71 bits per heavy atom. The number of hydrogen-bond acceptors (Lipinski definition) is 3. The van der Waals surface area contributed by atoms with Crippen molar-refractivity contribution < 1.29 is 9.53 Å². The number of ether oxygens (including phenoxy) is 1. The summed E-state index contributed by atoms with van der Waals surface area (Å²) in [6, 6.07) is 15.6. The number of carbonyl (C=O) groups excluding carboxylic acids is 1. The molecular weight excluding hydrogens is 467 g/mol. The Morgan fingerprint density at radius 1 is 1.07 bits per heavy atom. The van der Waals surface area contributed by atoms with Crippen molar-refractivity contribution in [1.29, 1.82) is 0 Å². The predicted octanol–water partition coefficient (Wildman–Crippen LogP) is 3.70. The normalized spacial score (nSPS) is 10.7. The number of methoxy groups -OCH3 is 1. The number of nitrogens with zero attached hydrogens (tertiary/aromatic N) is 1. The number of hydrogen-bond donors (Lipinski definition) is 3. The lowest BCUT2D eigenvalue weighted by Gasteiger charge is -2.07. The van der Waals surface area contributed by atoms with Crippen LogP contribution in [0.4, 0.5) is 5.69 Å². The van der Waals surface area contributed by atoms with E-state index in [0.717, 1.165) is 29.8 Å². The van der Waals surface area contributed by atoms with Crippen LogP contribution in [0, 0.1) is 0 Å². The molecule has 2 aromatic carbocycles. The second kappa shape index (κ2) is 13.0. The van der Waals surface area contributed by atoms with Gasteiger partial charge in [0.2, 0.25) is 5.91 Å². The highest BCUT2D eigenvalue weighted by atomic mass is 127. The molecule has 1 amide bonds. The number of benzene rings is 2. The number of aliphatic imine (C=N–C) groups is 1. The van der Waals surface area contributed by atoms with Crippen molar-refractivity contribution in [3.05, 3.63) is 59.7 Å². The Balaban J connectivity index is 0.00000392. The lowest BCUT2D eigenvalue weighted by atomic mass is 10.1. The molecule has 152 valence electrons. The molecule has 0 aliphatic rings. The second-order valence-electron chi connectivity index (χ2n) is 6.22. The Bertz CT molecular complexity index is 746. The molecule has 0 fully saturated rings. The molecule has 6 nitrogen and oxygen atoms in total. The van der Waals surface area contributed by atoms with E-state index in [0.29, 0.717) is 25.5 Å². The van der Waals surface area contributed by atoms with Crippen molar-refractivity contribution in [3.8, 4) is 5.75 Å². The Labute approximate surface area is 184 Å². The predicted molar refractivity (Wildman–Crippen MR) is 125 cm³/mol. The minimum atomic E-state index is 0. The zero-order chi connectivity index (χ0) is 19.5. The molecule has 0 aromatic heterocycles. The van der Waals surface area contributed by atoms with Gasteiger partial charge in [-0.1, -0.05) is 31.2 Å². The summed E-state index contributed by atoms with van der Waals surface area (Å²) < 4.78 is 5.15. The van der Waals surface area contributed by atoms with Crippen LogP contribution in [-0.2, 0) is 17.8 Å². The van der Waals surface area contributed by atoms with E-state index in [1.165, 1.54) is 5.56 Å².